The average Bonchev–Trinajstić information content (AvgIpc) is 2.48. The van der Waals surface area contributed by atoms with Gasteiger partial charge in [0.25, 0.3) is 0 Å². The molecule has 2 aromatic rings. The van der Waals surface area contributed by atoms with Crippen molar-refractivity contribution >= 4 is 21.7 Å². The van der Waals surface area contributed by atoms with Crippen LogP contribution in [0.3, 0.4) is 0 Å². The number of nitrogen functional groups attached to an aromatic ring is 1. The van der Waals surface area contributed by atoms with E-state index in [1.807, 2.05) is 0 Å². The lowest BCUT2D eigenvalue weighted by molar-refractivity contribution is 0.435. The van der Waals surface area contributed by atoms with Crippen molar-refractivity contribution in [3.05, 3.63) is 33.3 Å². The summed E-state index contributed by atoms with van der Waals surface area (Å²) < 4.78 is 5.99. The standard InChI is InChI=1S/C12H13BrN2O/c1-6-4-7(2)9(8(3)5-6)11-10(13)12(14)15-16-11/h4-5H,1-3H3,(H2,14,15). The van der Waals surface area contributed by atoms with Gasteiger partial charge in [-0.05, 0) is 47.8 Å². The van der Waals surface area contributed by atoms with E-state index in [1.54, 1.807) is 0 Å². The second kappa shape index (κ2) is 3.94. The first-order valence-electron chi connectivity index (χ1n) is 4.99. The van der Waals surface area contributed by atoms with E-state index in [2.05, 4.69) is 54.0 Å². The molecule has 0 fully saturated rings. The number of benzene rings is 1. The molecule has 0 saturated carbocycles. The van der Waals surface area contributed by atoms with Crippen LogP contribution in [0.15, 0.2) is 21.1 Å². The summed E-state index contributed by atoms with van der Waals surface area (Å²) in [5, 5.41) is 3.75. The molecular weight excluding hydrogens is 268 g/mol. The SMILES string of the molecule is Cc1cc(C)c(-c2onc(N)c2Br)c(C)c1. The van der Waals surface area contributed by atoms with Crippen molar-refractivity contribution in [1.82, 2.24) is 5.16 Å². The van der Waals surface area contributed by atoms with Crippen molar-refractivity contribution in [2.75, 3.05) is 5.73 Å². The first-order valence-corrected chi connectivity index (χ1v) is 5.79. The molecule has 0 aliphatic carbocycles. The normalized spacial score (nSPS) is 10.8. The van der Waals surface area contributed by atoms with Gasteiger partial charge in [-0.15, -0.1) is 0 Å². The predicted octanol–water partition coefficient (Wildman–Crippen LogP) is 3.61. The van der Waals surface area contributed by atoms with Crippen LogP contribution in [0.4, 0.5) is 5.82 Å². The molecule has 0 atom stereocenters. The third-order valence-electron chi connectivity index (χ3n) is 2.56. The molecule has 0 spiro atoms. The summed E-state index contributed by atoms with van der Waals surface area (Å²) in [6.07, 6.45) is 0. The Hall–Kier alpha value is -1.29. The number of hydrogen-bond acceptors (Lipinski definition) is 3. The minimum atomic E-state index is 0.384. The fourth-order valence-electron chi connectivity index (χ4n) is 1.98. The van der Waals surface area contributed by atoms with Gasteiger partial charge in [-0.2, -0.15) is 0 Å². The van der Waals surface area contributed by atoms with Crippen molar-refractivity contribution < 1.29 is 4.52 Å². The van der Waals surface area contributed by atoms with Crippen LogP contribution in [-0.4, -0.2) is 5.16 Å². The summed E-state index contributed by atoms with van der Waals surface area (Å²) in [5.41, 5.74) is 10.3. The molecule has 0 radical (unpaired) electrons. The second-order valence-electron chi connectivity index (χ2n) is 3.98. The smallest absolute Gasteiger partial charge is 0.183 e. The molecule has 0 aliphatic heterocycles. The van der Waals surface area contributed by atoms with Crippen LogP contribution in [0, 0.1) is 20.8 Å². The molecule has 84 valence electrons. The Labute approximate surface area is 103 Å². The Bertz CT molecular complexity index is 523. The van der Waals surface area contributed by atoms with Gasteiger partial charge < -0.3 is 10.3 Å². The Morgan fingerprint density at radius 1 is 1.19 bits per heavy atom. The lowest BCUT2D eigenvalue weighted by Crippen LogP contribution is -1.90. The quantitative estimate of drug-likeness (QED) is 0.868. The highest BCUT2D eigenvalue weighted by Gasteiger charge is 2.17. The van der Waals surface area contributed by atoms with Crippen LogP contribution < -0.4 is 5.73 Å². The first-order chi connectivity index (χ1) is 7.50. The minimum Gasteiger partial charge on any atom is -0.380 e. The number of aromatic nitrogens is 1. The second-order valence-corrected chi connectivity index (χ2v) is 4.78. The molecular formula is C12H13BrN2O. The van der Waals surface area contributed by atoms with Gasteiger partial charge in [-0.3, -0.25) is 0 Å². The van der Waals surface area contributed by atoms with E-state index in [0.29, 0.717) is 11.6 Å². The van der Waals surface area contributed by atoms with Crippen LogP contribution in [0.1, 0.15) is 16.7 Å². The van der Waals surface area contributed by atoms with Gasteiger partial charge in [-0.25, -0.2) is 0 Å². The maximum absolute atomic E-state index is 5.66. The minimum absolute atomic E-state index is 0.384. The van der Waals surface area contributed by atoms with E-state index in [0.717, 1.165) is 21.2 Å². The molecule has 1 aromatic heterocycles. The number of aryl methyl sites for hydroxylation is 3. The van der Waals surface area contributed by atoms with Crippen molar-refractivity contribution in [2.24, 2.45) is 0 Å². The topological polar surface area (TPSA) is 52.0 Å². The van der Waals surface area contributed by atoms with Gasteiger partial charge >= 0.3 is 0 Å². The summed E-state index contributed by atoms with van der Waals surface area (Å²) in [5.74, 6) is 1.09. The fraction of sp³-hybridized carbons (Fsp3) is 0.250. The van der Waals surface area contributed by atoms with Gasteiger partial charge in [0.2, 0.25) is 0 Å². The molecule has 0 unspecified atom stereocenters. The number of hydrogen-bond donors (Lipinski definition) is 1. The maximum Gasteiger partial charge on any atom is 0.183 e. The third-order valence-corrected chi connectivity index (χ3v) is 3.33. The first kappa shape index (κ1) is 11.2. The Morgan fingerprint density at radius 3 is 2.19 bits per heavy atom. The molecule has 16 heavy (non-hydrogen) atoms. The average molecular weight is 281 g/mol. The molecule has 2 rings (SSSR count). The van der Waals surface area contributed by atoms with Gasteiger partial charge in [-0.1, -0.05) is 22.9 Å². The van der Waals surface area contributed by atoms with Gasteiger partial charge in [0, 0.05) is 5.56 Å². The van der Waals surface area contributed by atoms with Crippen molar-refractivity contribution in [3.63, 3.8) is 0 Å². The zero-order valence-electron chi connectivity index (χ0n) is 9.47. The maximum atomic E-state index is 5.66. The molecule has 3 nitrogen and oxygen atoms in total. The summed E-state index contributed by atoms with van der Waals surface area (Å²) in [7, 11) is 0. The largest absolute Gasteiger partial charge is 0.380 e. The number of nitrogens with two attached hydrogens (primary N) is 1. The van der Waals surface area contributed by atoms with E-state index in [1.165, 1.54) is 5.56 Å². The highest BCUT2D eigenvalue weighted by atomic mass is 79.9. The van der Waals surface area contributed by atoms with Crippen molar-refractivity contribution in [1.29, 1.82) is 0 Å². The van der Waals surface area contributed by atoms with E-state index >= 15 is 0 Å². The monoisotopic (exact) mass is 280 g/mol. The molecule has 0 bridgehead atoms. The Balaban J connectivity index is 2.69. The van der Waals surface area contributed by atoms with Crippen LogP contribution in [0.2, 0.25) is 0 Å². The van der Waals surface area contributed by atoms with Gasteiger partial charge in [0.15, 0.2) is 11.6 Å². The van der Waals surface area contributed by atoms with Crippen LogP contribution >= 0.6 is 15.9 Å². The zero-order chi connectivity index (χ0) is 11.9. The predicted molar refractivity (Wildman–Crippen MR) is 68.3 cm³/mol. The van der Waals surface area contributed by atoms with E-state index in [9.17, 15) is 0 Å². The molecule has 0 saturated heterocycles. The summed E-state index contributed by atoms with van der Waals surface area (Å²) >= 11 is 3.39. The number of halogens is 1. The lowest BCUT2D eigenvalue weighted by Gasteiger charge is -2.08. The molecule has 1 aromatic carbocycles. The van der Waals surface area contributed by atoms with Gasteiger partial charge in [0.05, 0.1) is 0 Å². The Kier molecular flexibility index (Phi) is 2.76. The summed E-state index contributed by atoms with van der Waals surface area (Å²) in [6, 6.07) is 4.24. The number of anilines is 1. The third kappa shape index (κ3) is 1.73. The Morgan fingerprint density at radius 2 is 1.75 bits per heavy atom. The zero-order valence-corrected chi connectivity index (χ0v) is 11.1. The van der Waals surface area contributed by atoms with E-state index < -0.39 is 0 Å². The van der Waals surface area contributed by atoms with E-state index in [-0.39, 0.29) is 0 Å². The van der Waals surface area contributed by atoms with Crippen LogP contribution in [-0.2, 0) is 0 Å². The number of rotatable bonds is 1. The summed E-state index contributed by atoms with van der Waals surface area (Å²) in [4.78, 5) is 0. The van der Waals surface area contributed by atoms with E-state index in [4.69, 9.17) is 10.3 Å². The highest BCUT2D eigenvalue weighted by Crippen LogP contribution is 2.36. The fourth-order valence-corrected chi connectivity index (χ4v) is 2.33. The highest BCUT2D eigenvalue weighted by molar-refractivity contribution is 9.10. The lowest BCUT2D eigenvalue weighted by atomic mass is 9.98. The number of nitrogens with zero attached hydrogens (tertiary/aromatic N) is 1. The summed E-state index contributed by atoms with van der Waals surface area (Å²) in [6.45, 7) is 6.19. The van der Waals surface area contributed by atoms with Crippen molar-refractivity contribution in [3.8, 4) is 11.3 Å². The molecule has 0 aliphatic rings. The van der Waals surface area contributed by atoms with Gasteiger partial charge in [0.1, 0.15) is 4.47 Å². The molecule has 4 heteroatoms. The van der Waals surface area contributed by atoms with Crippen LogP contribution in [0.5, 0.6) is 0 Å². The molecule has 0 amide bonds. The van der Waals surface area contributed by atoms with Crippen LogP contribution in [0.25, 0.3) is 11.3 Å². The molecule has 1 heterocycles. The van der Waals surface area contributed by atoms with Crippen molar-refractivity contribution in [2.45, 2.75) is 20.8 Å². The molecule has 2 N–H and O–H groups in total.